The number of Topliss-reactive ketones (excluding diaryl/α,β-unsaturated/α-hetero) is 1. The van der Waals surface area contributed by atoms with E-state index in [9.17, 15) is 9.59 Å². The van der Waals surface area contributed by atoms with Gasteiger partial charge in [0.15, 0.2) is 0 Å². The first-order valence-electron chi connectivity index (χ1n) is 9.65. The van der Waals surface area contributed by atoms with Crippen LogP contribution in [0, 0.1) is 16.7 Å². The molecule has 1 amide bonds. The van der Waals surface area contributed by atoms with Crippen LogP contribution in [0.2, 0.25) is 9.63 Å². The zero-order valence-corrected chi connectivity index (χ0v) is 18.0. The Morgan fingerprint density at radius 3 is 2.33 bits per heavy atom. The summed E-state index contributed by atoms with van der Waals surface area (Å²) in [6.07, 6.45) is 6.62. The third-order valence-corrected chi connectivity index (χ3v) is 10.5. The maximum absolute atomic E-state index is 13.2. The van der Waals surface area contributed by atoms with E-state index in [-0.39, 0.29) is 42.6 Å². The molecule has 0 spiro atoms. The SMILES string of the molecule is CCC[C@H](NC(C)=O)[C@@H](CCC)[Se]C1C(=O)C2(C)CCC1C2(C)C. The molecule has 5 atom stereocenters. The van der Waals surface area contributed by atoms with Gasteiger partial charge in [0.05, 0.1) is 0 Å². The van der Waals surface area contributed by atoms with Gasteiger partial charge in [-0.25, -0.2) is 0 Å². The van der Waals surface area contributed by atoms with Gasteiger partial charge in [0.1, 0.15) is 0 Å². The van der Waals surface area contributed by atoms with Gasteiger partial charge in [-0.2, -0.15) is 0 Å². The molecular weight excluding hydrogens is 365 g/mol. The van der Waals surface area contributed by atoms with Gasteiger partial charge in [-0.3, -0.25) is 0 Å². The van der Waals surface area contributed by atoms with Crippen LogP contribution in [0.25, 0.3) is 0 Å². The van der Waals surface area contributed by atoms with E-state index in [1.165, 1.54) is 6.42 Å². The summed E-state index contributed by atoms with van der Waals surface area (Å²) in [6, 6.07) is 0.246. The minimum absolute atomic E-state index is 0.0666. The summed E-state index contributed by atoms with van der Waals surface area (Å²) in [4.78, 5) is 25.6. The number of carbonyl (C=O) groups excluding carboxylic acids is 2. The second kappa shape index (κ2) is 7.50. The Labute approximate surface area is 154 Å². The second-order valence-corrected chi connectivity index (χ2v) is 11.4. The molecule has 0 aromatic carbocycles. The second-order valence-electron chi connectivity index (χ2n) is 8.54. The molecule has 3 nitrogen and oxygen atoms in total. The molecule has 1 N–H and O–H groups in total. The molecule has 0 aromatic heterocycles. The molecule has 24 heavy (non-hydrogen) atoms. The van der Waals surface area contributed by atoms with Crippen LogP contribution < -0.4 is 5.32 Å². The molecule has 2 fully saturated rings. The predicted molar refractivity (Wildman–Crippen MR) is 100 cm³/mol. The van der Waals surface area contributed by atoms with Crippen molar-refractivity contribution in [1.82, 2.24) is 5.32 Å². The number of hydrogen-bond acceptors (Lipinski definition) is 2. The fourth-order valence-electron chi connectivity index (χ4n) is 4.92. The Morgan fingerprint density at radius 2 is 1.88 bits per heavy atom. The first kappa shape index (κ1) is 20.0. The average Bonchev–Trinajstić information content (AvgIpc) is 2.80. The molecule has 0 radical (unpaired) electrons. The molecule has 2 aliphatic rings. The Bertz CT molecular complexity index is 490. The van der Waals surface area contributed by atoms with Crippen molar-refractivity contribution in [3.63, 3.8) is 0 Å². The fourth-order valence-corrected chi connectivity index (χ4v) is 9.52. The first-order valence-corrected chi connectivity index (χ1v) is 11.6. The predicted octanol–water partition coefficient (Wildman–Crippen LogP) is 4.40. The van der Waals surface area contributed by atoms with E-state index >= 15 is 0 Å². The topological polar surface area (TPSA) is 46.2 Å². The Balaban J connectivity index is 2.18. The van der Waals surface area contributed by atoms with Crippen molar-refractivity contribution in [2.45, 2.75) is 95.7 Å². The monoisotopic (exact) mass is 401 g/mol. The summed E-state index contributed by atoms with van der Waals surface area (Å²) in [5.74, 6) is 1.15. The van der Waals surface area contributed by atoms with Crippen LogP contribution in [0.1, 0.15) is 80.1 Å². The fraction of sp³-hybridized carbons (Fsp3) is 0.900. The van der Waals surface area contributed by atoms with Gasteiger partial charge < -0.3 is 0 Å². The van der Waals surface area contributed by atoms with Crippen molar-refractivity contribution < 1.29 is 9.59 Å². The number of amides is 1. The molecule has 4 heteroatoms. The van der Waals surface area contributed by atoms with Gasteiger partial charge in [0.25, 0.3) is 0 Å². The summed E-state index contributed by atoms with van der Waals surface area (Å²) in [5.41, 5.74) is 0.0244. The normalized spacial score (nSPS) is 33.5. The van der Waals surface area contributed by atoms with Crippen LogP contribution in [0.15, 0.2) is 0 Å². The van der Waals surface area contributed by atoms with Crippen LogP contribution in [0.4, 0.5) is 0 Å². The van der Waals surface area contributed by atoms with E-state index in [2.05, 4.69) is 39.9 Å². The molecule has 0 aromatic rings. The van der Waals surface area contributed by atoms with E-state index in [1.807, 2.05) is 0 Å². The maximum atomic E-state index is 13.2. The van der Waals surface area contributed by atoms with Crippen molar-refractivity contribution >= 4 is 26.6 Å². The van der Waals surface area contributed by atoms with Crippen LogP contribution in [0.5, 0.6) is 0 Å². The van der Waals surface area contributed by atoms with E-state index in [0.29, 0.717) is 16.5 Å². The minimum atomic E-state index is -0.116. The van der Waals surface area contributed by atoms with Crippen LogP contribution in [-0.2, 0) is 9.59 Å². The van der Waals surface area contributed by atoms with Gasteiger partial charge in [-0.1, -0.05) is 0 Å². The Morgan fingerprint density at radius 1 is 1.25 bits per heavy atom. The molecule has 2 saturated carbocycles. The van der Waals surface area contributed by atoms with Crippen LogP contribution >= 0.6 is 0 Å². The number of hydrogen-bond donors (Lipinski definition) is 1. The van der Waals surface area contributed by atoms with Crippen molar-refractivity contribution in [1.29, 1.82) is 0 Å². The van der Waals surface area contributed by atoms with Crippen molar-refractivity contribution in [2.24, 2.45) is 16.7 Å². The summed E-state index contributed by atoms with van der Waals surface area (Å²) >= 11 is 0.273. The molecule has 0 heterocycles. The summed E-state index contributed by atoms with van der Waals surface area (Å²) in [5, 5.41) is 3.19. The quantitative estimate of drug-likeness (QED) is 0.614. The number of fused-ring (bicyclic) bond motifs is 2. The standard InChI is InChI=1S/C20H35NO2Se/c1-7-9-15(21-13(3)22)16(10-8-2)24-17-14-11-12-20(6,18(17)23)19(14,4)5/h14-17H,7-12H2,1-6H3,(H,21,22)/t14?,15-,16+,17?,20?/m0/s1. The Hall–Kier alpha value is -0.341. The van der Waals surface area contributed by atoms with Gasteiger partial charge >= 0.3 is 154 Å². The van der Waals surface area contributed by atoms with Crippen molar-refractivity contribution in [3.8, 4) is 0 Å². The molecule has 2 rings (SSSR count). The Kier molecular flexibility index (Phi) is 6.24. The first-order chi connectivity index (χ1) is 11.2. The van der Waals surface area contributed by atoms with Crippen LogP contribution in [-0.4, -0.2) is 32.7 Å². The molecule has 3 unspecified atom stereocenters. The molecule has 138 valence electrons. The number of ketones is 1. The molecule has 2 bridgehead atoms. The molecular formula is C20H35NO2Se. The van der Waals surface area contributed by atoms with Crippen molar-refractivity contribution in [2.75, 3.05) is 0 Å². The van der Waals surface area contributed by atoms with Gasteiger partial charge in [-0.05, 0) is 0 Å². The molecule has 2 aliphatic carbocycles. The van der Waals surface area contributed by atoms with E-state index < -0.39 is 0 Å². The zero-order chi connectivity index (χ0) is 18.1. The number of carbonyl (C=O) groups is 2. The number of nitrogens with one attached hydrogen (secondary N) is 1. The number of rotatable bonds is 8. The van der Waals surface area contributed by atoms with Crippen LogP contribution in [0.3, 0.4) is 0 Å². The molecule has 0 aliphatic heterocycles. The van der Waals surface area contributed by atoms with E-state index in [0.717, 1.165) is 32.1 Å². The van der Waals surface area contributed by atoms with Gasteiger partial charge in [-0.15, -0.1) is 0 Å². The molecule has 0 saturated heterocycles. The van der Waals surface area contributed by atoms with E-state index in [4.69, 9.17) is 0 Å². The summed E-state index contributed by atoms with van der Waals surface area (Å²) in [6.45, 7) is 12.8. The van der Waals surface area contributed by atoms with Crippen molar-refractivity contribution in [3.05, 3.63) is 0 Å². The van der Waals surface area contributed by atoms with E-state index in [1.54, 1.807) is 6.92 Å². The third-order valence-electron chi connectivity index (χ3n) is 6.80. The third kappa shape index (κ3) is 3.33. The van der Waals surface area contributed by atoms with Gasteiger partial charge in [0, 0.05) is 0 Å². The summed E-state index contributed by atoms with van der Waals surface area (Å²) in [7, 11) is 0. The van der Waals surface area contributed by atoms with Gasteiger partial charge in [0.2, 0.25) is 0 Å². The average molecular weight is 400 g/mol. The summed E-state index contributed by atoms with van der Waals surface area (Å²) < 4.78 is 0. The zero-order valence-electron chi connectivity index (χ0n) is 16.3.